The minimum absolute atomic E-state index is 0.0190. The van der Waals surface area contributed by atoms with E-state index >= 15 is 0 Å². The monoisotopic (exact) mass is 452 g/mol. The zero-order valence-electron chi connectivity index (χ0n) is 14.6. The second-order valence-corrected chi connectivity index (χ2v) is 6.58. The van der Waals surface area contributed by atoms with Crippen LogP contribution in [0.25, 0.3) is 0 Å². The van der Waals surface area contributed by atoms with Crippen LogP contribution in [0.1, 0.15) is 21.5 Å². The summed E-state index contributed by atoms with van der Waals surface area (Å²) in [5, 5.41) is 4.09. The Bertz CT molecular complexity index is 910. The van der Waals surface area contributed by atoms with Crippen LogP contribution in [0, 0.1) is 0 Å². The molecule has 156 valence electrons. The molecule has 0 aliphatic carbocycles. The number of alkyl halides is 4. The molecule has 0 atom stereocenters. The lowest BCUT2D eigenvalue weighted by Crippen LogP contribution is -2.32. The molecule has 0 radical (unpaired) electrons. The molecule has 0 aliphatic heterocycles. The van der Waals surface area contributed by atoms with Gasteiger partial charge in [-0.05, 0) is 35.9 Å². The van der Waals surface area contributed by atoms with Crippen LogP contribution in [0.5, 0.6) is 0 Å². The first-order chi connectivity index (χ1) is 13.6. The number of nitrogens with zero attached hydrogens (tertiary/aromatic N) is 1. The van der Waals surface area contributed by atoms with E-state index in [4.69, 9.17) is 33.8 Å². The number of amidine groups is 1. The van der Waals surface area contributed by atoms with Crippen LogP contribution in [0.3, 0.4) is 0 Å². The number of benzene rings is 2. The first kappa shape index (κ1) is 22.9. The fourth-order valence-corrected chi connectivity index (χ4v) is 2.55. The van der Waals surface area contributed by atoms with Crippen molar-refractivity contribution in [1.82, 2.24) is 0 Å². The van der Waals surface area contributed by atoms with E-state index in [0.717, 1.165) is 0 Å². The molecule has 2 aromatic carbocycles. The van der Waals surface area contributed by atoms with Crippen molar-refractivity contribution in [2.45, 2.75) is 19.0 Å². The standard InChI is InChI=1S/C18H14Cl2F4N2O3/c19-12-4-5-13(14(20)7-12)15(25)26-29-16(27)11-3-1-2-10(6-11)8-28-9-18(23,24)17(21)22/h1-7,17H,8-9H2,(H2,25,26). The van der Waals surface area contributed by atoms with Crippen molar-refractivity contribution < 1.29 is 31.9 Å². The smallest absolute Gasteiger partial charge is 0.365 e. The van der Waals surface area contributed by atoms with Gasteiger partial charge in [0.2, 0.25) is 0 Å². The molecule has 2 aromatic rings. The van der Waals surface area contributed by atoms with Crippen molar-refractivity contribution in [2.24, 2.45) is 10.9 Å². The number of hydrogen-bond donors (Lipinski definition) is 1. The number of rotatable bonds is 8. The van der Waals surface area contributed by atoms with E-state index in [0.29, 0.717) is 16.1 Å². The largest absolute Gasteiger partial charge is 0.380 e. The summed E-state index contributed by atoms with van der Waals surface area (Å²) >= 11 is 11.8. The van der Waals surface area contributed by atoms with Crippen LogP contribution in [0.4, 0.5) is 17.6 Å². The Labute approximate surface area is 173 Å². The van der Waals surface area contributed by atoms with E-state index in [1.807, 2.05) is 0 Å². The number of ether oxygens (including phenoxy) is 1. The molecule has 5 nitrogen and oxygen atoms in total. The van der Waals surface area contributed by atoms with Crippen molar-refractivity contribution in [3.8, 4) is 0 Å². The topological polar surface area (TPSA) is 73.9 Å². The summed E-state index contributed by atoms with van der Waals surface area (Å²) in [5.74, 6) is -5.32. The fraction of sp³-hybridized carbons (Fsp3) is 0.222. The van der Waals surface area contributed by atoms with Gasteiger partial charge in [0.25, 0.3) is 0 Å². The molecule has 0 saturated heterocycles. The highest BCUT2D eigenvalue weighted by atomic mass is 35.5. The molecule has 2 rings (SSSR count). The van der Waals surface area contributed by atoms with Gasteiger partial charge in [0.1, 0.15) is 6.61 Å². The van der Waals surface area contributed by atoms with E-state index < -0.39 is 31.5 Å². The SMILES string of the molecule is N/C(=N\OC(=O)c1cccc(COCC(F)(F)C(F)F)c1)c1ccc(Cl)cc1Cl. The second kappa shape index (κ2) is 9.91. The predicted molar refractivity (Wildman–Crippen MR) is 99.7 cm³/mol. The number of hydrogen-bond acceptors (Lipinski definition) is 4. The van der Waals surface area contributed by atoms with Crippen LogP contribution in [0.15, 0.2) is 47.6 Å². The van der Waals surface area contributed by atoms with Gasteiger partial charge in [-0.15, -0.1) is 0 Å². The number of carbonyl (C=O) groups is 1. The highest BCUT2D eigenvalue weighted by Gasteiger charge is 2.40. The average molecular weight is 453 g/mol. The van der Waals surface area contributed by atoms with Crippen LogP contribution in [-0.2, 0) is 16.2 Å². The van der Waals surface area contributed by atoms with Gasteiger partial charge >= 0.3 is 18.3 Å². The van der Waals surface area contributed by atoms with Crippen molar-refractivity contribution in [2.75, 3.05) is 6.61 Å². The van der Waals surface area contributed by atoms with Crippen molar-refractivity contribution in [3.05, 3.63) is 69.2 Å². The third-order valence-electron chi connectivity index (χ3n) is 3.48. The molecule has 0 bridgehead atoms. The van der Waals surface area contributed by atoms with Gasteiger partial charge in [0.05, 0.1) is 17.2 Å². The normalized spacial score (nSPS) is 12.3. The Morgan fingerprint density at radius 1 is 1.17 bits per heavy atom. The number of nitrogens with two attached hydrogens (primary N) is 1. The Hall–Kier alpha value is -2.36. The maximum absolute atomic E-state index is 12.8. The molecule has 0 aromatic heterocycles. The molecule has 0 spiro atoms. The molecule has 29 heavy (non-hydrogen) atoms. The van der Waals surface area contributed by atoms with Gasteiger partial charge in [-0.3, -0.25) is 0 Å². The van der Waals surface area contributed by atoms with Crippen molar-refractivity contribution >= 4 is 35.0 Å². The van der Waals surface area contributed by atoms with Crippen LogP contribution < -0.4 is 5.73 Å². The maximum atomic E-state index is 12.8. The first-order valence-corrected chi connectivity index (χ1v) is 8.68. The number of halogens is 6. The van der Waals surface area contributed by atoms with Gasteiger partial charge in [-0.2, -0.15) is 8.78 Å². The average Bonchev–Trinajstić information content (AvgIpc) is 2.65. The van der Waals surface area contributed by atoms with Crippen LogP contribution >= 0.6 is 23.2 Å². The molecule has 0 aliphatic rings. The number of carbonyl (C=O) groups excluding carboxylic acids is 1. The number of oxime groups is 1. The quantitative estimate of drug-likeness (QED) is 0.203. The van der Waals surface area contributed by atoms with Gasteiger partial charge in [-0.1, -0.05) is 40.5 Å². The highest BCUT2D eigenvalue weighted by Crippen LogP contribution is 2.23. The lowest BCUT2D eigenvalue weighted by atomic mass is 10.1. The predicted octanol–water partition coefficient (Wildman–Crippen LogP) is 4.89. The molecular formula is C18H14Cl2F4N2O3. The summed E-state index contributed by atoms with van der Waals surface area (Å²) in [6.07, 6.45) is -3.83. The molecule has 0 saturated carbocycles. The van der Waals surface area contributed by atoms with Crippen molar-refractivity contribution in [1.29, 1.82) is 0 Å². The van der Waals surface area contributed by atoms with E-state index in [1.165, 1.54) is 42.5 Å². The molecule has 2 N–H and O–H groups in total. The van der Waals surface area contributed by atoms with Crippen LogP contribution in [0.2, 0.25) is 10.0 Å². The summed E-state index contributed by atoms with van der Waals surface area (Å²) < 4.78 is 54.5. The molecule has 0 fully saturated rings. The first-order valence-electron chi connectivity index (χ1n) is 7.93. The Balaban J connectivity index is 2.00. The molecule has 11 heteroatoms. The maximum Gasteiger partial charge on any atom is 0.365 e. The second-order valence-electron chi connectivity index (χ2n) is 5.73. The lowest BCUT2D eigenvalue weighted by Gasteiger charge is -2.15. The summed E-state index contributed by atoms with van der Waals surface area (Å²) in [7, 11) is 0. The van der Waals surface area contributed by atoms with Gasteiger partial charge in [-0.25, -0.2) is 13.6 Å². The lowest BCUT2D eigenvalue weighted by molar-refractivity contribution is -0.168. The zero-order chi connectivity index (χ0) is 21.6. The minimum Gasteiger partial charge on any atom is -0.380 e. The van der Waals surface area contributed by atoms with E-state index in [9.17, 15) is 22.4 Å². The summed E-state index contributed by atoms with van der Waals surface area (Å²) in [6.45, 7) is -1.86. The Morgan fingerprint density at radius 3 is 2.55 bits per heavy atom. The van der Waals surface area contributed by atoms with E-state index in [-0.39, 0.29) is 16.4 Å². The fourth-order valence-electron chi connectivity index (χ4n) is 2.05. The molecule has 0 heterocycles. The Kier molecular flexibility index (Phi) is 7.83. The van der Waals surface area contributed by atoms with E-state index in [2.05, 4.69) is 9.89 Å². The van der Waals surface area contributed by atoms with Gasteiger partial charge < -0.3 is 15.3 Å². The van der Waals surface area contributed by atoms with Gasteiger partial charge in [0, 0.05) is 10.6 Å². The summed E-state index contributed by atoms with van der Waals surface area (Å²) in [4.78, 5) is 16.8. The zero-order valence-corrected chi connectivity index (χ0v) is 16.1. The third kappa shape index (κ3) is 6.59. The van der Waals surface area contributed by atoms with Gasteiger partial charge in [0.15, 0.2) is 5.84 Å². The third-order valence-corrected chi connectivity index (χ3v) is 4.03. The highest BCUT2D eigenvalue weighted by molar-refractivity contribution is 6.36. The summed E-state index contributed by atoms with van der Waals surface area (Å²) in [6, 6.07) is 10.00. The minimum atomic E-state index is -4.26. The molecular weight excluding hydrogens is 439 g/mol. The molecule has 0 amide bonds. The Morgan fingerprint density at radius 2 is 1.90 bits per heavy atom. The van der Waals surface area contributed by atoms with Crippen molar-refractivity contribution in [3.63, 3.8) is 0 Å². The van der Waals surface area contributed by atoms with E-state index in [1.54, 1.807) is 0 Å². The molecule has 0 unspecified atom stereocenters. The summed E-state index contributed by atoms with van der Waals surface area (Å²) in [5.41, 5.74) is 6.34. The van der Waals surface area contributed by atoms with Crippen LogP contribution in [-0.4, -0.2) is 30.8 Å².